The smallest absolute Gasteiger partial charge is 0.341 e. The van der Waals surface area contributed by atoms with E-state index in [2.05, 4.69) is 17.2 Å². The number of rotatable bonds is 3. The van der Waals surface area contributed by atoms with Crippen LogP contribution in [0.5, 0.6) is 0 Å². The van der Waals surface area contributed by atoms with E-state index in [0.717, 1.165) is 6.07 Å². The summed E-state index contributed by atoms with van der Waals surface area (Å²) in [5.41, 5.74) is -1.59. The van der Waals surface area contributed by atoms with Crippen LogP contribution in [0.15, 0.2) is 48.5 Å². The molecule has 0 spiro atoms. The molecule has 1 N–H and O–H groups in total. The van der Waals surface area contributed by atoms with Gasteiger partial charge in [-0.15, -0.1) is 0 Å². The van der Waals surface area contributed by atoms with Gasteiger partial charge in [-0.05, 0) is 18.2 Å². The van der Waals surface area contributed by atoms with Crippen LogP contribution in [0.1, 0.15) is 21.5 Å². The van der Waals surface area contributed by atoms with E-state index in [1.165, 1.54) is 42.5 Å². The third kappa shape index (κ3) is 4.57. The Balaban J connectivity index is 2.10. The fourth-order valence-electron chi connectivity index (χ4n) is 2.02. The van der Waals surface area contributed by atoms with E-state index in [4.69, 9.17) is 0 Å². The highest BCUT2D eigenvalue weighted by molar-refractivity contribution is 5.98. The zero-order valence-corrected chi connectivity index (χ0v) is 12.6. The minimum absolute atomic E-state index is 0.148. The first-order chi connectivity index (χ1) is 11.8. The minimum Gasteiger partial charge on any atom is -0.341 e. The van der Waals surface area contributed by atoms with Gasteiger partial charge in [-0.3, -0.25) is 14.9 Å². The Labute approximate surface area is 140 Å². The molecule has 0 fully saturated rings. The van der Waals surface area contributed by atoms with E-state index in [9.17, 15) is 28.1 Å². The fraction of sp³-hybridized carbons (Fsp3) is 0.118. The first-order valence-electron chi connectivity index (χ1n) is 6.97. The summed E-state index contributed by atoms with van der Waals surface area (Å²) in [6, 6.07) is 10.2. The van der Waals surface area contributed by atoms with E-state index in [-0.39, 0.29) is 23.4 Å². The van der Waals surface area contributed by atoms with Crippen molar-refractivity contribution in [3.63, 3.8) is 0 Å². The van der Waals surface area contributed by atoms with E-state index in [1.54, 1.807) is 0 Å². The van der Waals surface area contributed by atoms with Gasteiger partial charge in [0, 0.05) is 11.6 Å². The molecule has 25 heavy (non-hydrogen) atoms. The molecule has 0 unspecified atom stereocenters. The number of halogens is 3. The van der Waals surface area contributed by atoms with E-state index < -0.39 is 22.6 Å². The second-order valence-corrected chi connectivity index (χ2v) is 4.80. The van der Waals surface area contributed by atoms with Crippen LogP contribution in [0.25, 0.3) is 0 Å². The molecular weight excluding hydrogens is 337 g/mol. The third-order valence-corrected chi connectivity index (χ3v) is 3.14. The van der Waals surface area contributed by atoms with Crippen molar-refractivity contribution < 1.29 is 22.9 Å². The summed E-state index contributed by atoms with van der Waals surface area (Å²) < 4.78 is 38.5. The molecule has 0 aromatic heterocycles. The maximum absolute atomic E-state index is 12.8. The lowest BCUT2D eigenvalue weighted by Gasteiger charge is -2.08. The Bertz CT molecular complexity index is 867. The van der Waals surface area contributed by atoms with Gasteiger partial charge in [0.1, 0.15) is 5.56 Å². The van der Waals surface area contributed by atoms with Crippen LogP contribution in [0.3, 0.4) is 0 Å². The Kier molecular flexibility index (Phi) is 5.39. The van der Waals surface area contributed by atoms with Gasteiger partial charge in [0.2, 0.25) is 0 Å². The maximum Gasteiger partial charge on any atom is 0.417 e. The summed E-state index contributed by atoms with van der Waals surface area (Å²) in [7, 11) is 0. The van der Waals surface area contributed by atoms with Gasteiger partial charge in [-0.25, -0.2) is 0 Å². The molecule has 2 aromatic rings. The summed E-state index contributed by atoms with van der Waals surface area (Å²) >= 11 is 0. The highest BCUT2D eigenvalue weighted by atomic mass is 19.4. The third-order valence-electron chi connectivity index (χ3n) is 3.14. The summed E-state index contributed by atoms with van der Waals surface area (Å²) in [5, 5.41) is 13.2. The number of nitrogens with one attached hydrogen (secondary N) is 1. The summed E-state index contributed by atoms with van der Waals surface area (Å²) in [6.45, 7) is -0.253. The zero-order chi connectivity index (χ0) is 18.4. The lowest BCUT2D eigenvalue weighted by Crippen LogP contribution is -2.24. The molecule has 0 atom stereocenters. The first kappa shape index (κ1) is 18.0. The first-order valence-corrected chi connectivity index (χ1v) is 6.97. The molecule has 0 saturated carbocycles. The van der Waals surface area contributed by atoms with Crippen LogP contribution in [-0.2, 0) is 6.18 Å². The van der Waals surface area contributed by atoms with Crippen molar-refractivity contribution in [2.24, 2.45) is 0 Å². The molecule has 5 nitrogen and oxygen atoms in total. The molecule has 1 amide bonds. The van der Waals surface area contributed by atoms with Gasteiger partial charge < -0.3 is 5.32 Å². The molecule has 128 valence electrons. The molecule has 0 aliphatic heterocycles. The molecule has 0 radical (unpaired) electrons. The predicted molar refractivity (Wildman–Crippen MR) is 83.8 cm³/mol. The second kappa shape index (κ2) is 7.49. The Hall–Kier alpha value is -3.34. The summed E-state index contributed by atoms with van der Waals surface area (Å²) in [6.07, 6.45) is -4.53. The molecule has 0 aliphatic rings. The van der Waals surface area contributed by atoms with E-state index >= 15 is 0 Å². The second-order valence-electron chi connectivity index (χ2n) is 4.80. The van der Waals surface area contributed by atoms with E-state index in [0.29, 0.717) is 0 Å². The number of para-hydroxylation sites is 1. The SMILES string of the molecule is O=C(NCC#Cc1ccccc1C(F)(F)F)c1ccccc1[N+](=O)[O-]. The quantitative estimate of drug-likeness (QED) is 0.525. The molecule has 8 heteroatoms. The normalized spacial score (nSPS) is 10.5. The fourth-order valence-corrected chi connectivity index (χ4v) is 2.02. The number of amides is 1. The summed E-state index contributed by atoms with van der Waals surface area (Å²) in [5.74, 6) is 4.03. The number of hydrogen-bond acceptors (Lipinski definition) is 3. The number of hydrogen-bond donors (Lipinski definition) is 1. The Morgan fingerprint density at radius 3 is 2.44 bits per heavy atom. The molecule has 0 aliphatic carbocycles. The molecule has 2 rings (SSSR count). The minimum atomic E-state index is -4.53. The van der Waals surface area contributed by atoms with Gasteiger partial charge in [0.05, 0.1) is 17.0 Å². The van der Waals surface area contributed by atoms with Gasteiger partial charge in [0.25, 0.3) is 11.6 Å². The summed E-state index contributed by atoms with van der Waals surface area (Å²) in [4.78, 5) is 22.1. The van der Waals surface area contributed by atoms with Crippen molar-refractivity contribution >= 4 is 11.6 Å². The van der Waals surface area contributed by atoms with Crippen LogP contribution < -0.4 is 5.32 Å². The molecular formula is C17H11F3N2O3. The largest absolute Gasteiger partial charge is 0.417 e. The van der Waals surface area contributed by atoms with Crippen LogP contribution in [0.4, 0.5) is 18.9 Å². The molecule has 2 aromatic carbocycles. The topological polar surface area (TPSA) is 72.2 Å². The van der Waals surface area contributed by atoms with Crippen molar-refractivity contribution in [2.75, 3.05) is 6.54 Å². The Morgan fingerprint density at radius 1 is 1.12 bits per heavy atom. The van der Waals surface area contributed by atoms with Crippen LogP contribution in [-0.4, -0.2) is 17.4 Å². The van der Waals surface area contributed by atoms with Gasteiger partial charge in [-0.2, -0.15) is 13.2 Å². The highest BCUT2D eigenvalue weighted by Crippen LogP contribution is 2.31. The number of nitro benzene ring substituents is 1. The number of carbonyl (C=O) groups is 1. The average molecular weight is 348 g/mol. The molecule has 0 bridgehead atoms. The Morgan fingerprint density at radius 2 is 1.76 bits per heavy atom. The van der Waals surface area contributed by atoms with Crippen LogP contribution >= 0.6 is 0 Å². The van der Waals surface area contributed by atoms with Crippen LogP contribution in [0.2, 0.25) is 0 Å². The lowest BCUT2D eigenvalue weighted by atomic mass is 10.1. The van der Waals surface area contributed by atoms with Crippen molar-refractivity contribution in [1.82, 2.24) is 5.32 Å². The highest BCUT2D eigenvalue weighted by Gasteiger charge is 2.32. The zero-order valence-electron chi connectivity index (χ0n) is 12.6. The van der Waals surface area contributed by atoms with Crippen molar-refractivity contribution in [3.8, 4) is 11.8 Å². The maximum atomic E-state index is 12.8. The average Bonchev–Trinajstić information content (AvgIpc) is 2.58. The molecule has 0 saturated heterocycles. The van der Waals surface area contributed by atoms with Crippen molar-refractivity contribution in [2.45, 2.75) is 6.18 Å². The van der Waals surface area contributed by atoms with Crippen molar-refractivity contribution in [1.29, 1.82) is 0 Å². The lowest BCUT2D eigenvalue weighted by molar-refractivity contribution is -0.385. The number of nitrogens with zero attached hydrogens (tertiary/aromatic N) is 1. The number of nitro groups is 1. The van der Waals surface area contributed by atoms with Crippen molar-refractivity contribution in [3.05, 3.63) is 75.3 Å². The number of benzene rings is 2. The molecule has 0 heterocycles. The predicted octanol–water partition coefficient (Wildman–Crippen LogP) is 3.40. The monoisotopic (exact) mass is 348 g/mol. The number of alkyl halides is 3. The van der Waals surface area contributed by atoms with Gasteiger partial charge in [0.15, 0.2) is 0 Å². The van der Waals surface area contributed by atoms with Gasteiger partial charge in [-0.1, -0.05) is 36.1 Å². The van der Waals surface area contributed by atoms with Gasteiger partial charge >= 0.3 is 6.18 Å². The standard InChI is InChI=1S/C17H11F3N2O3/c18-17(19,20)14-9-3-1-6-12(14)7-5-11-21-16(23)13-8-2-4-10-15(13)22(24)25/h1-4,6,8-10H,11H2,(H,21,23). The van der Waals surface area contributed by atoms with E-state index in [1.807, 2.05) is 0 Å². The van der Waals surface area contributed by atoms with Crippen LogP contribution in [0, 0.1) is 22.0 Å². The number of carbonyl (C=O) groups excluding carboxylic acids is 1.